The van der Waals surface area contributed by atoms with Crippen LogP contribution in [0.25, 0.3) is 0 Å². The molecular formula is C27H34N2O5S. The number of amides is 2. The van der Waals surface area contributed by atoms with Crippen molar-refractivity contribution in [2.45, 2.75) is 68.9 Å². The van der Waals surface area contributed by atoms with Gasteiger partial charge in [-0.1, -0.05) is 12.8 Å². The lowest BCUT2D eigenvalue weighted by molar-refractivity contribution is -0.134. The Bertz CT molecular complexity index is 1160. The van der Waals surface area contributed by atoms with E-state index in [1.165, 1.54) is 0 Å². The Balaban J connectivity index is 1.39. The van der Waals surface area contributed by atoms with Crippen molar-refractivity contribution in [3.05, 3.63) is 53.1 Å². The Hall–Kier alpha value is -2.87. The second-order valence-electron chi connectivity index (χ2n) is 9.60. The maximum atomic E-state index is 12.9. The van der Waals surface area contributed by atoms with Crippen molar-refractivity contribution in [1.29, 1.82) is 0 Å². The number of anilines is 1. The van der Waals surface area contributed by atoms with E-state index in [0.717, 1.165) is 56.3 Å². The van der Waals surface area contributed by atoms with E-state index in [1.807, 2.05) is 18.7 Å². The fourth-order valence-corrected chi connectivity index (χ4v) is 6.85. The molecule has 2 aliphatic rings. The van der Waals surface area contributed by atoms with Gasteiger partial charge in [-0.05, 0) is 93.5 Å². The summed E-state index contributed by atoms with van der Waals surface area (Å²) in [6.45, 7) is 5.27. The molecule has 2 aromatic carbocycles. The third-order valence-electron chi connectivity index (χ3n) is 6.95. The van der Waals surface area contributed by atoms with Gasteiger partial charge in [-0.3, -0.25) is 9.59 Å². The molecule has 2 fully saturated rings. The zero-order valence-corrected chi connectivity index (χ0v) is 21.3. The number of nitrogens with one attached hydrogen (secondary N) is 1. The summed E-state index contributed by atoms with van der Waals surface area (Å²) in [4.78, 5) is 27.4. The monoisotopic (exact) mass is 498 g/mol. The molecule has 0 atom stereocenters. The first kappa shape index (κ1) is 25.2. The normalized spacial score (nSPS) is 16.8. The van der Waals surface area contributed by atoms with Crippen LogP contribution in [-0.2, 0) is 14.6 Å². The van der Waals surface area contributed by atoms with Crippen molar-refractivity contribution in [1.82, 2.24) is 4.90 Å². The van der Waals surface area contributed by atoms with Crippen LogP contribution in [0.1, 0.15) is 66.4 Å². The maximum Gasteiger partial charge on any atom is 0.260 e. The molecule has 188 valence electrons. The van der Waals surface area contributed by atoms with E-state index < -0.39 is 9.84 Å². The average Bonchev–Trinajstić information content (AvgIpc) is 3.40. The molecule has 0 bridgehead atoms. The number of piperidine rings is 1. The first-order valence-electron chi connectivity index (χ1n) is 12.4. The zero-order valence-electron chi connectivity index (χ0n) is 20.5. The van der Waals surface area contributed by atoms with Crippen LogP contribution >= 0.6 is 0 Å². The van der Waals surface area contributed by atoms with Crippen molar-refractivity contribution in [3.8, 4) is 5.75 Å². The van der Waals surface area contributed by atoms with Gasteiger partial charge < -0.3 is 15.0 Å². The lowest BCUT2D eigenvalue weighted by Crippen LogP contribution is -2.38. The number of likely N-dealkylation sites (tertiary alicyclic amines) is 1. The number of aryl methyl sites for hydroxylation is 2. The van der Waals surface area contributed by atoms with Crippen molar-refractivity contribution >= 4 is 27.3 Å². The summed E-state index contributed by atoms with van der Waals surface area (Å²) in [5.74, 6) is 0.315. The van der Waals surface area contributed by atoms with Crippen LogP contribution in [0.2, 0.25) is 0 Å². The van der Waals surface area contributed by atoms with Gasteiger partial charge in [0, 0.05) is 24.3 Å². The predicted octanol–water partition coefficient (Wildman–Crippen LogP) is 4.66. The second-order valence-corrected chi connectivity index (χ2v) is 11.8. The molecule has 2 aromatic rings. The molecule has 35 heavy (non-hydrogen) atoms. The van der Waals surface area contributed by atoms with E-state index in [9.17, 15) is 18.0 Å². The van der Waals surface area contributed by atoms with Crippen LogP contribution in [0.4, 0.5) is 5.69 Å². The van der Waals surface area contributed by atoms with Crippen LogP contribution in [0.15, 0.2) is 41.3 Å². The predicted molar refractivity (Wildman–Crippen MR) is 136 cm³/mol. The van der Waals surface area contributed by atoms with Gasteiger partial charge in [0.2, 0.25) is 0 Å². The molecule has 1 saturated heterocycles. The highest BCUT2D eigenvalue weighted by atomic mass is 32.2. The van der Waals surface area contributed by atoms with E-state index in [0.29, 0.717) is 34.7 Å². The fraction of sp³-hybridized carbons (Fsp3) is 0.481. The van der Waals surface area contributed by atoms with Crippen molar-refractivity contribution in [2.75, 3.05) is 25.0 Å². The highest BCUT2D eigenvalue weighted by Crippen LogP contribution is 2.30. The quantitative estimate of drug-likeness (QED) is 0.599. The first-order valence-corrected chi connectivity index (χ1v) is 14.0. The van der Waals surface area contributed by atoms with Crippen LogP contribution < -0.4 is 10.1 Å². The average molecular weight is 499 g/mol. The first-order chi connectivity index (χ1) is 16.8. The maximum absolute atomic E-state index is 12.9. The Kier molecular flexibility index (Phi) is 7.79. The SMILES string of the molecule is Cc1cc(C(=O)Nc2ccc(S(=O)(=O)C3CCCC3)cc2)cc(C)c1OCC(=O)N1CCCCC1. The summed E-state index contributed by atoms with van der Waals surface area (Å²) < 4.78 is 31.4. The molecule has 4 rings (SSSR count). The van der Waals surface area contributed by atoms with Gasteiger partial charge in [0.05, 0.1) is 10.1 Å². The fourth-order valence-electron chi connectivity index (χ4n) is 5.00. The molecule has 0 aromatic heterocycles. The minimum atomic E-state index is -3.32. The highest BCUT2D eigenvalue weighted by molar-refractivity contribution is 7.92. The minimum absolute atomic E-state index is 0.0105. The Morgan fingerprint density at radius 3 is 2.14 bits per heavy atom. The number of sulfone groups is 1. The van der Waals surface area contributed by atoms with Gasteiger partial charge in [0.15, 0.2) is 16.4 Å². The third kappa shape index (κ3) is 5.86. The topological polar surface area (TPSA) is 92.8 Å². The molecule has 1 aliphatic carbocycles. The molecule has 0 unspecified atom stereocenters. The second kappa shape index (κ2) is 10.8. The third-order valence-corrected chi connectivity index (χ3v) is 9.23. The van der Waals surface area contributed by atoms with E-state index >= 15 is 0 Å². The van der Waals surface area contributed by atoms with Crippen LogP contribution in [0.5, 0.6) is 5.75 Å². The smallest absolute Gasteiger partial charge is 0.260 e. The standard InChI is InChI=1S/C27H34N2O5S/c1-19-16-21(17-20(2)26(19)34-18-25(30)29-14-6-3-7-15-29)27(31)28-22-10-12-24(13-11-22)35(32,33)23-8-4-5-9-23/h10-13,16-17,23H,3-9,14-15,18H2,1-2H3,(H,28,31). The number of rotatable bonds is 7. The van der Waals surface area contributed by atoms with Gasteiger partial charge in [-0.15, -0.1) is 0 Å². The van der Waals surface area contributed by atoms with E-state index in [2.05, 4.69) is 5.32 Å². The van der Waals surface area contributed by atoms with Crippen molar-refractivity contribution in [2.24, 2.45) is 0 Å². The summed E-state index contributed by atoms with van der Waals surface area (Å²) in [6.07, 6.45) is 6.57. The lowest BCUT2D eigenvalue weighted by Gasteiger charge is -2.26. The number of benzene rings is 2. The molecular weight excluding hydrogens is 464 g/mol. The molecule has 7 nitrogen and oxygen atoms in total. The van der Waals surface area contributed by atoms with Crippen molar-refractivity contribution < 1.29 is 22.7 Å². The van der Waals surface area contributed by atoms with Crippen LogP contribution in [0, 0.1) is 13.8 Å². The number of hydrogen-bond donors (Lipinski definition) is 1. The number of hydrogen-bond acceptors (Lipinski definition) is 5. The summed E-state index contributed by atoms with van der Waals surface area (Å²) in [5.41, 5.74) is 2.56. The molecule has 0 radical (unpaired) electrons. The van der Waals surface area contributed by atoms with Crippen LogP contribution in [0.3, 0.4) is 0 Å². The number of nitrogens with zero attached hydrogens (tertiary/aromatic N) is 1. The Labute approximate surface area is 207 Å². The highest BCUT2D eigenvalue weighted by Gasteiger charge is 2.30. The van der Waals surface area contributed by atoms with Gasteiger partial charge in [-0.25, -0.2) is 8.42 Å². The summed E-state index contributed by atoms with van der Waals surface area (Å²) in [5, 5.41) is 2.54. The van der Waals surface area contributed by atoms with Crippen molar-refractivity contribution in [3.63, 3.8) is 0 Å². The van der Waals surface area contributed by atoms with Gasteiger partial charge >= 0.3 is 0 Å². The summed E-state index contributed by atoms with van der Waals surface area (Å²) in [7, 11) is -3.32. The zero-order chi connectivity index (χ0) is 25.0. The largest absolute Gasteiger partial charge is 0.483 e. The van der Waals surface area contributed by atoms with Gasteiger partial charge in [0.25, 0.3) is 11.8 Å². The molecule has 0 spiro atoms. The molecule has 8 heteroatoms. The molecule has 1 saturated carbocycles. The van der Waals surface area contributed by atoms with Gasteiger partial charge in [-0.2, -0.15) is 0 Å². The molecule has 2 amide bonds. The summed E-state index contributed by atoms with van der Waals surface area (Å²) in [6, 6.07) is 9.86. The molecule has 1 aliphatic heterocycles. The minimum Gasteiger partial charge on any atom is -0.483 e. The molecule has 1 N–H and O–H groups in total. The summed E-state index contributed by atoms with van der Waals surface area (Å²) >= 11 is 0. The van der Waals surface area contributed by atoms with E-state index in [4.69, 9.17) is 4.74 Å². The molecule has 1 heterocycles. The Morgan fingerprint density at radius 1 is 0.943 bits per heavy atom. The number of carbonyl (C=O) groups is 2. The number of carbonyl (C=O) groups excluding carboxylic acids is 2. The number of ether oxygens (including phenoxy) is 1. The van der Waals surface area contributed by atoms with Crippen LogP contribution in [-0.4, -0.2) is 50.1 Å². The lowest BCUT2D eigenvalue weighted by atomic mass is 10.0. The van der Waals surface area contributed by atoms with E-state index in [-0.39, 0.29) is 23.7 Å². The Morgan fingerprint density at radius 2 is 1.54 bits per heavy atom. The van der Waals surface area contributed by atoms with Gasteiger partial charge in [0.1, 0.15) is 5.75 Å². The van der Waals surface area contributed by atoms with E-state index in [1.54, 1.807) is 36.4 Å².